The maximum atomic E-state index is 13.5. The Hall–Kier alpha value is -2.41. The number of rotatable bonds is 4. The van der Waals surface area contributed by atoms with E-state index < -0.39 is 11.7 Å². The van der Waals surface area contributed by atoms with Crippen LogP contribution in [0.25, 0.3) is 0 Å². The van der Waals surface area contributed by atoms with Crippen molar-refractivity contribution in [2.75, 3.05) is 12.5 Å². The van der Waals surface area contributed by atoms with Crippen LogP contribution in [0.4, 0.5) is 10.3 Å². The van der Waals surface area contributed by atoms with Crippen molar-refractivity contribution in [2.24, 2.45) is 0 Å². The van der Waals surface area contributed by atoms with Gasteiger partial charge in [0.1, 0.15) is 5.82 Å². The Kier molecular flexibility index (Phi) is 4.31. The van der Waals surface area contributed by atoms with E-state index in [0.29, 0.717) is 5.88 Å². The summed E-state index contributed by atoms with van der Waals surface area (Å²) in [5.74, 6) is -0.942. The molecule has 2 aromatic rings. The molecule has 0 unspecified atom stereocenters. The van der Waals surface area contributed by atoms with E-state index in [-0.39, 0.29) is 16.5 Å². The van der Waals surface area contributed by atoms with Crippen molar-refractivity contribution in [1.82, 2.24) is 15.4 Å². The third-order valence-electron chi connectivity index (χ3n) is 2.30. The van der Waals surface area contributed by atoms with E-state index in [1.54, 1.807) is 6.07 Å². The number of halogens is 2. The molecule has 20 heavy (non-hydrogen) atoms. The van der Waals surface area contributed by atoms with Crippen molar-refractivity contribution in [1.29, 1.82) is 0 Å². The smallest absolute Gasteiger partial charge is 0.272 e. The molecule has 0 aliphatic rings. The molecule has 8 heteroatoms. The molecule has 0 saturated carbocycles. The second-order valence-electron chi connectivity index (χ2n) is 3.63. The molecule has 0 fully saturated rings. The molecule has 0 spiro atoms. The number of hydrogen-bond donors (Lipinski definition) is 2. The van der Waals surface area contributed by atoms with E-state index >= 15 is 0 Å². The lowest BCUT2D eigenvalue weighted by Crippen LogP contribution is -2.31. The van der Waals surface area contributed by atoms with E-state index in [2.05, 4.69) is 20.8 Å². The molecule has 2 rings (SSSR count). The molecule has 1 amide bonds. The number of hydrazine groups is 1. The van der Waals surface area contributed by atoms with Crippen LogP contribution < -0.4 is 15.6 Å². The summed E-state index contributed by atoms with van der Waals surface area (Å²) in [5, 5.41) is 0.259. The summed E-state index contributed by atoms with van der Waals surface area (Å²) in [4.78, 5) is 19.6. The predicted molar refractivity (Wildman–Crippen MR) is 71.1 cm³/mol. The van der Waals surface area contributed by atoms with E-state index in [1.807, 2.05) is 0 Å². The first-order valence-electron chi connectivity index (χ1n) is 5.48. The molecule has 0 radical (unpaired) electrons. The fraction of sp³-hybridized carbons (Fsp3) is 0.0833. The SMILES string of the molecule is COc1ccnc(NNC(=O)c2cc(Cl)ccc2F)n1. The van der Waals surface area contributed by atoms with Crippen LogP contribution in [-0.2, 0) is 0 Å². The minimum atomic E-state index is -0.698. The van der Waals surface area contributed by atoms with E-state index in [9.17, 15) is 9.18 Å². The first-order chi connectivity index (χ1) is 9.60. The van der Waals surface area contributed by atoms with Gasteiger partial charge in [0.05, 0.1) is 12.7 Å². The monoisotopic (exact) mass is 296 g/mol. The lowest BCUT2D eigenvalue weighted by Gasteiger charge is -2.08. The third-order valence-corrected chi connectivity index (χ3v) is 2.54. The van der Waals surface area contributed by atoms with E-state index in [1.165, 1.54) is 25.4 Å². The molecule has 1 aromatic heterocycles. The standard InChI is InChI=1S/C12H10ClFN4O2/c1-20-10-4-5-15-12(16-10)18-17-11(19)8-6-7(13)2-3-9(8)14/h2-6H,1H3,(H,17,19)(H,15,16,18). The van der Waals surface area contributed by atoms with Crippen molar-refractivity contribution >= 4 is 23.5 Å². The van der Waals surface area contributed by atoms with Crippen molar-refractivity contribution in [3.63, 3.8) is 0 Å². The zero-order valence-electron chi connectivity index (χ0n) is 10.4. The van der Waals surface area contributed by atoms with Crippen molar-refractivity contribution in [3.05, 3.63) is 46.9 Å². The van der Waals surface area contributed by atoms with Crippen LogP contribution in [0, 0.1) is 5.82 Å². The van der Waals surface area contributed by atoms with Crippen LogP contribution in [0.2, 0.25) is 5.02 Å². The number of aromatic nitrogens is 2. The lowest BCUT2D eigenvalue weighted by molar-refractivity contribution is 0.0958. The van der Waals surface area contributed by atoms with Crippen molar-refractivity contribution < 1.29 is 13.9 Å². The molecule has 0 atom stereocenters. The lowest BCUT2D eigenvalue weighted by atomic mass is 10.2. The number of nitrogens with one attached hydrogen (secondary N) is 2. The molecule has 0 saturated heterocycles. The number of amides is 1. The molecule has 2 N–H and O–H groups in total. The van der Waals surface area contributed by atoms with Gasteiger partial charge in [-0.15, -0.1) is 0 Å². The summed E-state index contributed by atoms with van der Waals surface area (Å²) in [6.45, 7) is 0. The first kappa shape index (κ1) is 14.0. The number of nitrogens with zero attached hydrogens (tertiary/aromatic N) is 2. The highest BCUT2D eigenvalue weighted by molar-refractivity contribution is 6.31. The van der Waals surface area contributed by atoms with Crippen LogP contribution in [0.1, 0.15) is 10.4 Å². The summed E-state index contributed by atoms with van der Waals surface area (Å²) in [6.07, 6.45) is 1.44. The largest absolute Gasteiger partial charge is 0.481 e. The number of carbonyl (C=O) groups excluding carboxylic acids is 1. The maximum Gasteiger partial charge on any atom is 0.272 e. The Labute approximate surface area is 118 Å². The van der Waals surface area contributed by atoms with E-state index in [0.717, 1.165) is 6.07 Å². The van der Waals surface area contributed by atoms with Crippen LogP contribution >= 0.6 is 11.6 Å². The van der Waals surface area contributed by atoms with Crippen LogP contribution in [-0.4, -0.2) is 23.0 Å². The number of hydrogen-bond acceptors (Lipinski definition) is 5. The number of ether oxygens (including phenoxy) is 1. The summed E-state index contributed by atoms with van der Waals surface area (Å²) in [6, 6.07) is 5.23. The third kappa shape index (κ3) is 3.33. The highest BCUT2D eigenvalue weighted by atomic mass is 35.5. The fourth-order valence-electron chi connectivity index (χ4n) is 1.37. The molecule has 0 aliphatic heterocycles. The van der Waals surface area contributed by atoms with Gasteiger partial charge < -0.3 is 4.74 Å². The molecule has 6 nitrogen and oxygen atoms in total. The molecule has 1 aromatic carbocycles. The van der Waals surface area contributed by atoms with Gasteiger partial charge in [0.2, 0.25) is 11.8 Å². The summed E-state index contributed by atoms with van der Waals surface area (Å²) in [5.41, 5.74) is 4.53. The van der Waals surface area contributed by atoms with Gasteiger partial charge >= 0.3 is 0 Å². The van der Waals surface area contributed by atoms with Crippen molar-refractivity contribution in [3.8, 4) is 5.88 Å². The average molecular weight is 297 g/mol. The van der Waals surface area contributed by atoms with Crippen LogP contribution in [0.5, 0.6) is 5.88 Å². The second-order valence-corrected chi connectivity index (χ2v) is 4.06. The second kappa shape index (κ2) is 6.16. The van der Waals surface area contributed by atoms with Crippen LogP contribution in [0.3, 0.4) is 0 Å². The van der Waals surface area contributed by atoms with Gasteiger partial charge in [0.25, 0.3) is 5.91 Å². The number of anilines is 1. The minimum Gasteiger partial charge on any atom is -0.481 e. The summed E-state index contributed by atoms with van der Waals surface area (Å²) < 4.78 is 18.4. The van der Waals surface area contributed by atoms with Gasteiger partial charge in [0.15, 0.2) is 0 Å². The zero-order valence-corrected chi connectivity index (χ0v) is 11.1. The topological polar surface area (TPSA) is 76.1 Å². The zero-order chi connectivity index (χ0) is 14.5. The Bertz CT molecular complexity index is 639. The fourth-order valence-corrected chi connectivity index (χ4v) is 1.54. The van der Waals surface area contributed by atoms with Gasteiger partial charge in [-0.05, 0) is 18.2 Å². The predicted octanol–water partition coefficient (Wildman–Crippen LogP) is 2.03. The molecule has 1 heterocycles. The summed E-state index contributed by atoms with van der Waals surface area (Å²) in [7, 11) is 1.45. The van der Waals surface area contributed by atoms with Crippen LogP contribution in [0.15, 0.2) is 30.5 Å². The molecule has 0 bridgehead atoms. The quantitative estimate of drug-likeness (QED) is 0.844. The Morgan fingerprint density at radius 1 is 1.40 bits per heavy atom. The number of benzene rings is 1. The minimum absolute atomic E-state index is 0.111. The Morgan fingerprint density at radius 2 is 2.20 bits per heavy atom. The highest BCUT2D eigenvalue weighted by Gasteiger charge is 2.12. The molecule has 104 valence electrons. The maximum absolute atomic E-state index is 13.5. The Morgan fingerprint density at radius 3 is 2.95 bits per heavy atom. The molecular weight excluding hydrogens is 287 g/mol. The first-order valence-corrected chi connectivity index (χ1v) is 5.86. The highest BCUT2D eigenvalue weighted by Crippen LogP contribution is 2.14. The average Bonchev–Trinajstić information content (AvgIpc) is 2.47. The Balaban J connectivity index is 2.06. The molecule has 0 aliphatic carbocycles. The van der Waals surface area contributed by atoms with E-state index in [4.69, 9.17) is 16.3 Å². The number of methoxy groups -OCH3 is 1. The van der Waals surface area contributed by atoms with Gasteiger partial charge in [-0.25, -0.2) is 9.37 Å². The molecular formula is C12H10ClFN4O2. The summed E-state index contributed by atoms with van der Waals surface area (Å²) >= 11 is 5.71. The van der Waals surface area contributed by atoms with Gasteiger partial charge in [-0.3, -0.25) is 15.6 Å². The number of carbonyl (C=O) groups is 1. The van der Waals surface area contributed by atoms with Gasteiger partial charge in [0, 0.05) is 17.3 Å². The van der Waals surface area contributed by atoms with Crippen molar-refractivity contribution in [2.45, 2.75) is 0 Å². The van der Waals surface area contributed by atoms with Gasteiger partial charge in [-0.2, -0.15) is 4.98 Å². The normalized spacial score (nSPS) is 9.95. The van der Waals surface area contributed by atoms with Gasteiger partial charge in [-0.1, -0.05) is 11.6 Å².